The zero-order chi connectivity index (χ0) is 24.0. The van der Waals surface area contributed by atoms with Crippen molar-refractivity contribution >= 4 is 5.91 Å². The molecule has 0 aliphatic rings. The summed E-state index contributed by atoms with van der Waals surface area (Å²) in [4.78, 5) is 25.6. The van der Waals surface area contributed by atoms with Gasteiger partial charge in [-0.05, 0) is 25.1 Å². The average molecular weight is 457 g/mol. The number of nitrogens with one attached hydrogen (secondary N) is 1. The lowest BCUT2D eigenvalue weighted by molar-refractivity contribution is -0.121. The Balaban J connectivity index is 2.00. The number of methoxy groups -OCH3 is 3. The highest BCUT2D eigenvalue weighted by Crippen LogP contribution is 2.45. The fourth-order valence-electron chi connectivity index (χ4n) is 3.73. The Morgan fingerprint density at radius 1 is 1.12 bits per heavy atom. The van der Waals surface area contributed by atoms with Crippen molar-refractivity contribution in [2.24, 2.45) is 0 Å². The molecule has 9 nitrogen and oxygen atoms in total. The quantitative estimate of drug-likeness (QED) is 0.476. The number of aromatic hydroxyl groups is 1. The standard InChI is InChI=1S/C24H27NO8/c1-14-12-18(26)21(24(28)33-14)17(13-20(27)25-10-9-15-6-5-11-32-15)16-7-8-19(29-2)23(31-4)22(16)30-3/h5-8,11-12,17,26H,9-10,13H2,1-4H3,(H,25,27). The minimum atomic E-state index is -0.875. The molecule has 1 amide bonds. The van der Waals surface area contributed by atoms with Crippen molar-refractivity contribution < 1.29 is 32.9 Å². The number of ether oxygens (including phenoxy) is 3. The molecule has 2 N–H and O–H groups in total. The van der Waals surface area contributed by atoms with Crippen molar-refractivity contribution in [2.75, 3.05) is 27.9 Å². The van der Waals surface area contributed by atoms with Crippen molar-refractivity contribution in [3.05, 3.63) is 69.7 Å². The van der Waals surface area contributed by atoms with E-state index < -0.39 is 11.5 Å². The summed E-state index contributed by atoms with van der Waals surface area (Å²) in [7, 11) is 4.39. The fraction of sp³-hybridized carbons (Fsp3) is 0.333. The third-order valence-corrected chi connectivity index (χ3v) is 5.21. The second-order valence-electron chi connectivity index (χ2n) is 7.30. The van der Waals surface area contributed by atoms with E-state index in [4.69, 9.17) is 23.0 Å². The Hall–Kier alpha value is -3.88. The van der Waals surface area contributed by atoms with Crippen LogP contribution in [0.5, 0.6) is 23.0 Å². The van der Waals surface area contributed by atoms with E-state index in [1.807, 2.05) is 6.07 Å². The lowest BCUT2D eigenvalue weighted by Gasteiger charge is -2.22. The fourth-order valence-corrected chi connectivity index (χ4v) is 3.73. The van der Waals surface area contributed by atoms with Gasteiger partial charge in [-0.25, -0.2) is 4.79 Å². The maximum absolute atomic E-state index is 12.8. The maximum atomic E-state index is 12.8. The minimum Gasteiger partial charge on any atom is -0.507 e. The number of hydrogen-bond acceptors (Lipinski definition) is 8. The van der Waals surface area contributed by atoms with Crippen LogP contribution < -0.4 is 25.2 Å². The second-order valence-corrected chi connectivity index (χ2v) is 7.30. The molecule has 0 radical (unpaired) electrons. The molecule has 33 heavy (non-hydrogen) atoms. The van der Waals surface area contributed by atoms with Crippen molar-refractivity contribution in [1.29, 1.82) is 0 Å². The molecule has 1 atom stereocenters. The normalized spacial score (nSPS) is 11.6. The molecule has 1 aromatic carbocycles. The molecular weight excluding hydrogens is 430 g/mol. The first-order valence-electron chi connectivity index (χ1n) is 10.3. The van der Waals surface area contributed by atoms with Gasteiger partial charge in [-0.2, -0.15) is 0 Å². The molecular formula is C24H27NO8. The number of benzene rings is 1. The Morgan fingerprint density at radius 2 is 1.88 bits per heavy atom. The molecule has 0 saturated carbocycles. The third kappa shape index (κ3) is 5.31. The first-order valence-corrected chi connectivity index (χ1v) is 10.3. The smallest absolute Gasteiger partial charge is 0.343 e. The number of carbonyl (C=O) groups excluding carboxylic acids is 1. The molecule has 176 valence electrons. The van der Waals surface area contributed by atoms with Crippen LogP contribution in [0.15, 0.2) is 50.2 Å². The predicted molar refractivity (Wildman–Crippen MR) is 119 cm³/mol. The van der Waals surface area contributed by atoms with Crippen LogP contribution in [-0.2, 0) is 11.2 Å². The van der Waals surface area contributed by atoms with Gasteiger partial charge in [0.1, 0.15) is 17.3 Å². The zero-order valence-corrected chi connectivity index (χ0v) is 19.0. The summed E-state index contributed by atoms with van der Waals surface area (Å²) in [6.07, 6.45) is 1.93. The van der Waals surface area contributed by atoms with Gasteiger partial charge in [0.25, 0.3) is 0 Å². The van der Waals surface area contributed by atoms with E-state index >= 15 is 0 Å². The molecule has 2 heterocycles. The number of carbonyl (C=O) groups is 1. The molecule has 2 aromatic heterocycles. The van der Waals surface area contributed by atoms with Crippen LogP contribution in [0.2, 0.25) is 0 Å². The van der Waals surface area contributed by atoms with Crippen LogP contribution >= 0.6 is 0 Å². The van der Waals surface area contributed by atoms with E-state index in [2.05, 4.69) is 5.32 Å². The molecule has 0 spiro atoms. The third-order valence-electron chi connectivity index (χ3n) is 5.21. The highest BCUT2D eigenvalue weighted by Gasteiger charge is 2.30. The predicted octanol–water partition coefficient (Wildman–Crippen LogP) is 3.15. The van der Waals surface area contributed by atoms with Crippen LogP contribution in [0.25, 0.3) is 0 Å². The molecule has 0 saturated heterocycles. The molecule has 3 aromatic rings. The first kappa shape index (κ1) is 23.8. The topological polar surface area (TPSA) is 120 Å². The molecule has 0 fully saturated rings. The second kappa shape index (κ2) is 10.6. The number of aryl methyl sites for hydroxylation is 1. The highest BCUT2D eigenvalue weighted by atomic mass is 16.5. The summed E-state index contributed by atoms with van der Waals surface area (Å²) in [5, 5.41) is 13.4. The Morgan fingerprint density at radius 3 is 2.48 bits per heavy atom. The van der Waals surface area contributed by atoms with Gasteiger partial charge >= 0.3 is 5.63 Å². The van der Waals surface area contributed by atoms with Gasteiger partial charge in [0, 0.05) is 36.9 Å². The van der Waals surface area contributed by atoms with Crippen molar-refractivity contribution in [3.8, 4) is 23.0 Å². The minimum absolute atomic E-state index is 0.0488. The van der Waals surface area contributed by atoms with Gasteiger partial charge in [-0.15, -0.1) is 0 Å². The summed E-state index contributed by atoms with van der Waals surface area (Å²) in [5.41, 5.74) is -0.326. The summed E-state index contributed by atoms with van der Waals surface area (Å²) in [5.74, 6) is 0.519. The van der Waals surface area contributed by atoms with Crippen LogP contribution in [0.1, 0.15) is 35.0 Å². The molecule has 1 unspecified atom stereocenters. The maximum Gasteiger partial charge on any atom is 0.343 e. The van der Waals surface area contributed by atoms with Gasteiger partial charge in [0.15, 0.2) is 11.5 Å². The molecule has 0 aliphatic heterocycles. The SMILES string of the molecule is COc1ccc(C(CC(=O)NCCc2ccco2)c2c(O)cc(C)oc2=O)c(OC)c1OC. The number of amides is 1. The van der Waals surface area contributed by atoms with Gasteiger partial charge < -0.3 is 33.5 Å². The largest absolute Gasteiger partial charge is 0.507 e. The number of furan rings is 1. The lowest BCUT2D eigenvalue weighted by Crippen LogP contribution is -2.28. The Labute approximate surface area is 190 Å². The molecule has 0 bridgehead atoms. The van der Waals surface area contributed by atoms with Crippen molar-refractivity contribution in [1.82, 2.24) is 5.32 Å². The van der Waals surface area contributed by atoms with Crippen molar-refractivity contribution in [2.45, 2.75) is 25.7 Å². The summed E-state index contributed by atoms with van der Waals surface area (Å²) >= 11 is 0. The molecule has 3 rings (SSSR count). The Bertz CT molecular complexity index is 1150. The Kier molecular flexibility index (Phi) is 7.66. The molecule has 9 heteroatoms. The number of rotatable bonds is 10. The molecule has 0 aliphatic carbocycles. The van der Waals surface area contributed by atoms with Crippen LogP contribution in [0, 0.1) is 6.92 Å². The number of hydrogen-bond donors (Lipinski definition) is 2. The van der Waals surface area contributed by atoms with E-state index in [0.717, 1.165) is 5.76 Å². The summed E-state index contributed by atoms with van der Waals surface area (Å²) in [6.45, 7) is 1.90. The van der Waals surface area contributed by atoms with Gasteiger partial charge in [-0.3, -0.25) is 4.79 Å². The van der Waals surface area contributed by atoms with Gasteiger partial charge in [0.2, 0.25) is 11.7 Å². The first-order chi connectivity index (χ1) is 15.9. The van der Waals surface area contributed by atoms with Gasteiger partial charge in [-0.1, -0.05) is 6.07 Å². The van der Waals surface area contributed by atoms with Crippen LogP contribution in [0.4, 0.5) is 0 Å². The monoisotopic (exact) mass is 457 g/mol. The van der Waals surface area contributed by atoms with E-state index in [1.165, 1.54) is 27.4 Å². The van der Waals surface area contributed by atoms with E-state index in [1.54, 1.807) is 31.4 Å². The zero-order valence-electron chi connectivity index (χ0n) is 19.0. The summed E-state index contributed by atoms with van der Waals surface area (Å²) < 4.78 is 26.8. The van der Waals surface area contributed by atoms with E-state index in [-0.39, 0.29) is 35.2 Å². The van der Waals surface area contributed by atoms with Crippen molar-refractivity contribution in [3.63, 3.8) is 0 Å². The van der Waals surface area contributed by atoms with Crippen LogP contribution in [0.3, 0.4) is 0 Å². The van der Waals surface area contributed by atoms with E-state index in [0.29, 0.717) is 30.0 Å². The van der Waals surface area contributed by atoms with E-state index in [9.17, 15) is 14.7 Å². The van der Waals surface area contributed by atoms with Gasteiger partial charge in [0.05, 0.1) is 33.2 Å². The lowest BCUT2D eigenvalue weighted by atomic mass is 9.87. The average Bonchev–Trinajstić information content (AvgIpc) is 3.30. The highest BCUT2D eigenvalue weighted by molar-refractivity contribution is 5.78. The van der Waals surface area contributed by atoms with Crippen LogP contribution in [-0.4, -0.2) is 38.9 Å². The summed E-state index contributed by atoms with van der Waals surface area (Å²) in [6, 6.07) is 8.24.